The highest BCUT2D eigenvalue weighted by molar-refractivity contribution is 8.09. The zero-order valence-corrected chi connectivity index (χ0v) is 16.0. The second-order valence-electron chi connectivity index (χ2n) is 8.09. The molecule has 4 unspecified atom stereocenters. The topological polar surface area (TPSA) is 46.5 Å². The molecule has 0 bridgehead atoms. The minimum atomic E-state index is -2.69. The van der Waals surface area contributed by atoms with E-state index in [1.807, 2.05) is 6.07 Å². The van der Waals surface area contributed by atoms with Crippen molar-refractivity contribution >= 4 is 24.1 Å². The molecule has 0 aliphatic heterocycles. The van der Waals surface area contributed by atoms with E-state index < -0.39 is 6.49 Å². The summed E-state index contributed by atoms with van der Waals surface area (Å²) in [4.78, 5) is 22.2. The van der Waals surface area contributed by atoms with Gasteiger partial charge in [0.15, 0.2) is 0 Å². The van der Waals surface area contributed by atoms with E-state index in [1.54, 1.807) is 6.66 Å². The lowest BCUT2D eigenvalue weighted by atomic mass is 9.55. The van der Waals surface area contributed by atoms with Crippen LogP contribution in [0.1, 0.15) is 56.1 Å². The standard InChI is InChI=1S/C19H25O3PS/c1-19-10-9-15-14-6-4-13(22-23(2,21)24)11-12(14)3-5-16(15)17(19)7-8-18(19)20/h4,6,11,15-17H,3,5,7-10H2,1-2H3,(H,21,24)/t15?,16?,17?,19-,23?/m0/s1. The molecular weight excluding hydrogens is 339 g/mol. The molecule has 1 aromatic carbocycles. The third kappa shape index (κ3) is 2.67. The lowest BCUT2D eigenvalue weighted by Gasteiger charge is -2.48. The largest absolute Gasteiger partial charge is 0.444 e. The van der Waals surface area contributed by atoms with Gasteiger partial charge in [-0.2, -0.15) is 0 Å². The van der Waals surface area contributed by atoms with E-state index in [1.165, 1.54) is 11.1 Å². The number of fused-ring (bicyclic) bond motifs is 5. The third-order valence-electron chi connectivity index (χ3n) is 6.68. The molecule has 3 aliphatic rings. The summed E-state index contributed by atoms with van der Waals surface area (Å²) in [5, 5.41) is 0. The van der Waals surface area contributed by atoms with Gasteiger partial charge in [0.2, 0.25) is 6.49 Å². The Balaban J connectivity index is 1.64. The maximum absolute atomic E-state index is 12.4. The molecule has 5 atom stereocenters. The first kappa shape index (κ1) is 16.8. The minimum absolute atomic E-state index is 0.0623. The zero-order chi connectivity index (χ0) is 17.1. The molecule has 130 valence electrons. The molecule has 2 saturated carbocycles. The predicted octanol–water partition coefficient (Wildman–Crippen LogP) is 4.42. The number of ketones is 1. The predicted molar refractivity (Wildman–Crippen MR) is 99.1 cm³/mol. The number of carbonyl (C=O) groups is 1. The molecular formula is C19H25O3PS. The monoisotopic (exact) mass is 364 g/mol. The smallest absolute Gasteiger partial charge is 0.232 e. The maximum Gasteiger partial charge on any atom is 0.232 e. The van der Waals surface area contributed by atoms with Gasteiger partial charge in [-0.3, -0.25) is 4.79 Å². The highest BCUT2D eigenvalue weighted by Crippen LogP contribution is 2.59. The van der Waals surface area contributed by atoms with Crippen LogP contribution in [-0.4, -0.2) is 17.3 Å². The van der Waals surface area contributed by atoms with Crippen LogP contribution in [0.25, 0.3) is 0 Å². The highest BCUT2D eigenvalue weighted by Gasteiger charge is 2.54. The van der Waals surface area contributed by atoms with Crippen LogP contribution >= 0.6 is 6.49 Å². The van der Waals surface area contributed by atoms with Crippen LogP contribution in [0.3, 0.4) is 0 Å². The molecule has 24 heavy (non-hydrogen) atoms. The molecule has 5 heteroatoms. The van der Waals surface area contributed by atoms with Gasteiger partial charge >= 0.3 is 0 Å². The summed E-state index contributed by atoms with van der Waals surface area (Å²) in [6.45, 7) is 1.11. The van der Waals surface area contributed by atoms with Crippen LogP contribution in [0.15, 0.2) is 18.2 Å². The molecule has 0 radical (unpaired) electrons. The van der Waals surface area contributed by atoms with E-state index in [0.717, 1.165) is 38.5 Å². The first-order chi connectivity index (χ1) is 11.3. The second kappa shape index (κ2) is 5.65. The molecule has 0 spiro atoms. The number of Topliss-reactive ketones (excluding diaryl/α,β-unsaturated/α-hetero) is 1. The first-order valence-corrected chi connectivity index (χ1v) is 12.1. The Morgan fingerprint density at radius 2 is 2.08 bits per heavy atom. The molecule has 4 rings (SSSR count). The maximum atomic E-state index is 12.4. The number of hydrogen-bond donors (Lipinski definition) is 1. The van der Waals surface area contributed by atoms with Crippen molar-refractivity contribution in [3.8, 4) is 5.75 Å². The van der Waals surface area contributed by atoms with Crippen molar-refractivity contribution in [3.63, 3.8) is 0 Å². The van der Waals surface area contributed by atoms with E-state index in [-0.39, 0.29) is 5.41 Å². The summed E-state index contributed by atoms with van der Waals surface area (Å²) in [6.07, 6.45) is 6.20. The van der Waals surface area contributed by atoms with E-state index >= 15 is 0 Å². The first-order valence-electron chi connectivity index (χ1n) is 8.94. The summed E-state index contributed by atoms with van der Waals surface area (Å²) in [6, 6.07) is 6.20. The van der Waals surface area contributed by atoms with E-state index in [2.05, 4.69) is 19.1 Å². The van der Waals surface area contributed by atoms with Gasteiger partial charge in [0.25, 0.3) is 0 Å². The van der Waals surface area contributed by atoms with Crippen molar-refractivity contribution < 1.29 is 14.2 Å². The van der Waals surface area contributed by atoms with E-state index in [0.29, 0.717) is 29.3 Å². The van der Waals surface area contributed by atoms with Crippen molar-refractivity contribution in [2.75, 3.05) is 6.66 Å². The number of carbonyl (C=O) groups excluding carboxylic acids is 1. The van der Waals surface area contributed by atoms with Crippen molar-refractivity contribution in [2.45, 2.75) is 51.4 Å². The molecule has 0 heterocycles. The molecule has 1 N–H and O–H groups in total. The Morgan fingerprint density at radius 1 is 1.29 bits per heavy atom. The van der Waals surface area contributed by atoms with Gasteiger partial charge in [-0.25, -0.2) is 0 Å². The summed E-state index contributed by atoms with van der Waals surface area (Å²) >= 11 is 5.00. The molecule has 2 fully saturated rings. The fourth-order valence-corrected chi connectivity index (χ4v) is 6.35. The summed E-state index contributed by atoms with van der Waals surface area (Å²) in [7, 11) is 0. The molecule has 1 aromatic rings. The highest BCUT2D eigenvalue weighted by atomic mass is 32.5. The van der Waals surface area contributed by atoms with Crippen LogP contribution in [0.5, 0.6) is 5.75 Å². The van der Waals surface area contributed by atoms with Gasteiger partial charge in [0.05, 0.1) is 0 Å². The SMILES string of the molecule is C[C@]12CCC3c4ccc(OP(C)(O)=S)cc4CCC3C1CCC2=O. The van der Waals surface area contributed by atoms with Crippen molar-refractivity contribution in [2.24, 2.45) is 17.3 Å². The van der Waals surface area contributed by atoms with Crippen molar-refractivity contribution in [3.05, 3.63) is 29.3 Å². The van der Waals surface area contributed by atoms with E-state index in [9.17, 15) is 9.69 Å². The average molecular weight is 364 g/mol. The molecule has 3 nitrogen and oxygen atoms in total. The number of rotatable bonds is 2. The normalized spacial score (nSPS) is 37.1. The van der Waals surface area contributed by atoms with Gasteiger partial charge < -0.3 is 9.42 Å². The Labute approximate surface area is 149 Å². The Kier molecular flexibility index (Phi) is 3.95. The number of benzene rings is 1. The lowest BCUT2D eigenvalue weighted by molar-refractivity contribution is -0.129. The molecule has 3 aliphatic carbocycles. The van der Waals surface area contributed by atoms with E-state index in [4.69, 9.17) is 16.3 Å². The summed E-state index contributed by atoms with van der Waals surface area (Å²) < 4.78 is 5.54. The fourth-order valence-electron chi connectivity index (χ4n) is 5.58. The summed E-state index contributed by atoms with van der Waals surface area (Å²) in [5.41, 5.74) is 2.71. The van der Waals surface area contributed by atoms with Crippen molar-refractivity contribution in [1.82, 2.24) is 0 Å². The Morgan fingerprint density at radius 3 is 2.83 bits per heavy atom. The quantitative estimate of drug-likeness (QED) is 0.789. The van der Waals surface area contributed by atoms with Crippen LogP contribution in [0.2, 0.25) is 0 Å². The Bertz CT molecular complexity index is 740. The van der Waals surface area contributed by atoms with Gasteiger partial charge in [-0.1, -0.05) is 13.0 Å². The van der Waals surface area contributed by atoms with Crippen LogP contribution in [0.4, 0.5) is 0 Å². The number of aryl methyl sites for hydroxylation is 1. The molecule has 0 amide bonds. The Hall–Kier alpha value is -0.700. The molecule has 0 aromatic heterocycles. The third-order valence-corrected chi connectivity index (χ3v) is 7.45. The number of hydrogen-bond acceptors (Lipinski definition) is 3. The van der Waals surface area contributed by atoms with Crippen LogP contribution in [0, 0.1) is 17.3 Å². The average Bonchev–Trinajstić information content (AvgIpc) is 2.81. The van der Waals surface area contributed by atoms with Gasteiger partial charge in [-0.05, 0) is 84.9 Å². The molecule has 0 saturated heterocycles. The summed E-state index contributed by atoms with van der Waals surface area (Å²) in [5.74, 6) is 2.97. The second-order valence-corrected chi connectivity index (χ2v) is 11.9. The van der Waals surface area contributed by atoms with Gasteiger partial charge in [0.1, 0.15) is 11.5 Å². The lowest BCUT2D eigenvalue weighted by Crippen LogP contribution is -2.42. The fraction of sp³-hybridized carbons (Fsp3) is 0.632. The zero-order valence-electron chi connectivity index (χ0n) is 14.3. The van der Waals surface area contributed by atoms with Crippen LogP contribution < -0.4 is 4.52 Å². The van der Waals surface area contributed by atoms with Gasteiger partial charge in [-0.15, -0.1) is 0 Å². The van der Waals surface area contributed by atoms with Gasteiger partial charge in [0, 0.05) is 18.5 Å². The van der Waals surface area contributed by atoms with Crippen molar-refractivity contribution in [1.29, 1.82) is 0 Å². The van der Waals surface area contributed by atoms with Crippen LogP contribution in [-0.2, 0) is 23.0 Å². The minimum Gasteiger partial charge on any atom is -0.444 e.